The molecule has 0 saturated carbocycles. The smallest absolute Gasteiger partial charge is 0.309 e. The number of rotatable bonds is 6. The molecule has 1 amide bonds. The fourth-order valence-corrected chi connectivity index (χ4v) is 6.14. The molecule has 0 unspecified atom stereocenters. The van der Waals surface area contributed by atoms with E-state index >= 15 is 0 Å². The second-order valence-corrected chi connectivity index (χ2v) is 10.8. The number of sulfonamides is 1. The maximum atomic E-state index is 12.5. The molecule has 30 heavy (non-hydrogen) atoms. The third kappa shape index (κ3) is 5.46. The molecule has 0 atom stereocenters. The van der Waals surface area contributed by atoms with Crippen molar-refractivity contribution in [1.82, 2.24) is 4.31 Å². The zero-order valence-electron chi connectivity index (χ0n) is 15.4. The molecule has 3 rings (SSSR count). The van der Waals surface area contributed by atoms with Gasteiger partial charge in [-0.05, 0) is 36.4 Å². The molecular weight excluding hydrogens is 495 g/mol. The minimum Gasteiger partial charge on any atom is -0.455 e. The van der Waals surface area contributed by atoms with Crippen LogP contribution >= 0.6 is 46.1 Å². The van der Waals surface area contributed by atoms with E-state index in [0.717, 1.165) is 11.3 Å². The monoisotopic (exact) mass is 510 g/mol. The first-order valence-electron chi connectivity index (χ1n) is 8.83. The minimum absolute atomic E-state index is 0.198. The Morgan fingerprint density at radius 2 is 1.80 bits per heavy atom. The van der Waals surface area contributed by atoms with Gasteiger partial charge in [0, 0.05) is 13.1 Å². The van der Waals surface area contributed by atoms with E-state index in [1.807, 2.05) is 0 Å². The van der Waals surface area contributed by atoms with Crippen LogP contribution in [0.5, 0.6) is 0 Å². The lowest BCUT2D eigenvalue weighted by molar-refractivity contribution is -0.152. The van der Waals surface area contributed by atoms with E-state index in [4.69, 9.17) is 39.5 Å². The third-order valence-electron chi connectivity index (χ3n) is 4.51. The molecule has 0 aliphatic carbocycles. The van der Waals surface area contributed by atoms with Gasteiger partial charge in [0.1, 0.15) is 4.21 Å². The summed E-state index contributed by atoms with van der Waals surface area (Å²) in [5.74, 6) is -1.60. The Bertz CT molecular complexity index is 1040. The maximum absolute atomic E-state index is 12.5. The summed E-state index contributed by atoms with van der Waals surface area (Å²) in [4.78, 5) is 24.3. The van der Waals surface area contributed by atoms with E-state index in [-0.39, 0.29) is 38.1 Å². The van der Waals surface area contributed by atoms with E-state index in [1.54, 1.807) is 17.5 Å². The summed E-state index contributed by atoms with van der Waals surface area (Å²) < 4.78 is 31.8. The summed E-state index contributed by atoms with van der Waals surface area (Å²) in [6, 6.07) is 6.03. The first-order chi connectivity index (χ1) is 14.2. The lowest BCUT2D eigenvalue weighted by Gasteiger charge is -2.29. The van der Waals surface area contributed by atoms with Crippen LogP contribution in [0.1, 0.15) is 12.8 Å². The lowest BCUT2D eigenvalue weighted by atomic mass is 9.98. The van der Waals surface area contributed by atoms with Crippen LogP contribution in [-0.2, 0) is 24.3 Å². The van der Waals surface area contributed by atoms with Crippen molar-refractivity contribution in [2.75, 3.05) is 25.0 Å². The summed E-state index contributed by atoms with van der Waals surface area (Å²) in [7, 11) is -3.54. The number of nitrogens with zero attached hydrogens (tertiary/aromatic N) is 1. The first-order valence-corrected chi connectivity index (χ1v) is 12.3. The molecule has 1 N–H and O–H groups in total. The molecule has 12 heteroatoms. The van der Waals surface area contributed by atoms with Gasteiger partial charge < -0.3 is 10.1 Å². The number of benzene rings is 1. The Morgan fingerprint density at radius 3 is 2.43 bits per heavy atom. The van der Waals surface area contributed by atoms with Gasteiger partial charge in [-0.15, -0.1) is 11.3 Å². The molecule has 2 aromatic rings. The Labute approximate surface area is 192 Å². The second kappa shape index (κ2) is 9.84. The standard InChI is InChI=1S/C18H17Cl3N2O5S2/c19-12-8-14(21)15(9-13(12)20)22-16(24)10-28-18(25)11-3-5-23(6-4-11)30(26,27)17-2-1-7-29-17/h1-2,7-9,11H,3-6,10H2,(H,22,24). The average molecular weight is 512 g/mol. The number of hydrogen-bond donors (Lipinski definition) is 1. The molecule has 1 aromatic carbocycles. The van der Waals surface area contributed by atoms with E-state index < -0.39 is 34.4 Å². The Hall–Kier alpha value is -1.36. The molecule has 1 aromatic heterocycles. The quantitative estimate of drug-likeness (QED) is 0.461. The molecular formula is C18H17Cl3N2O5S2. The van der Waals surface area contributed by atoms with Crippen molar-refractivity contribution < 1.29 is 22.7 Å². The Morgan fingerprint density at radius 1 is 1.13 bits per heavy atom. The molecule has 1 fully saturated rings. The number of thiophene rings is 1. The van der Waals surface area contributed by atoms with Crippen molar-refractivity contribution in [2.45, 2.75) is 17.1 Å². The van der Waals surface area contributed by atoms with Gasteiger partial charge in [-0.25, -0.2) is 8.42 Å². The lowest BCUT2D eigenvalue weighted by Crippen LogP contribution is -2.40. The van der Waals surface area contributed by atoms with Crippen molar-refractivity contribution in [1.29, 1.82) is 0 Å². The van der Waals surface area contributed by atoms with Crippen molar-refractivity contribution in [2.24, 2.45) is 5.92 Å². The number of halogens is 3. The number of esters is 1. The van der Waals surface area contributed by atoms with Crippen LogP contribution in [0.2, 0.25) is 15.1 Å². The molecule has 2 heterocycles. The van der Waals surface area contributed by atoms with Gasteiger partial charge in [0.05, 0.1) is 26.7 Å². The molecule has 1 aliphatic rings. The fourth-order valence-electron chi connectivity index (χ4n) is 2.93. The normalized spacial score (nSPS) is 15.7. The van der Waals surface area contributed by atoms with Crippen LogP contribution in [0.15, 0.2) is 33.9 Å². The predicted molar refractivity (Wildman–Crippen MR) is 117 cm³/mol. The number of hydrogen-bond acceptors (Lipinski definition) is 6. The van der Waals surface area contributed by atoms with E-state index in [9.17, 15) is 18.0 Å². The highest BCUT2D eigenvalue weighted by Crippen LogP contribution is 2.32. The average Bonchev–Trinajstić information content (AvgIpc) is 3.26. The summed E-state index contributed by atoms with van der Waals surface area (Å²) >= 11 is 18.9. The number of carbonyl (C=O) groups excluding carboxylic acids is 2. The predicted octanol–water partition coefficient (Wildman–Crippen LogP) is 4.29. The highest BCUT2D eigenvalue weighted by Gasteiger charge is 2.33. The second-order valence-electron chi connectivity index (χ2n) is 6.51. The fraction of sp³-hybridized carbons (Fsp3) is 0.333. The molecule has 162 valence electrons. The van der Waals surface area contributed by atoms with Gasteiger partial charge in [-0.3, -0.25) is 9.59 Å². The van der Waals surface area contributed by atoms with Crippen molar-refractivity contribution in [3.05, 3.63) is 44.7 Å². The van der Waals surface area contributed by atoms with Gasteiger partial charge in [-0.1, -0.05) is 40.9 Å². The summed E-state index contributed by atoms with van der Waals surface area (Å²) in [6.07, 6.45) is 0.646. The number of carbonyl (C=O) groups is 2. The van der Waals surface area contributed by atoms with E-state index in [1.165, 1.54) is 16.4 Å². The van der Waals surface area contributed by atoms with Gasteiger partial charge in [0.25, 0.3) is 15.9 Å². The van der Waals surface area contributed by atoms with Gasteiger partial charge in [0.2, 0.25) is 0 Å². The van der Waals surface area contributed by atoms with Gasteiger partial charge in [-0.2, -0.15) is 4.31 Å². The zero-order valence-corrected chi connectivity index (χ0v) is 19.3. The van der Waals surface area contributed by atoms with Crippen LogP contribution in [-0.4, -0.2) is 44.3 Å². The van der Waals surface area contributed by atoms with Crippen molar-refractivity contribution in [3.63, 3.8) is 0 Å². The van der Waals surface area contributed by atoms with Crippen LogP contribution in [0.3, 0.4) is 0 Å². The van der Waals surface area contributed by atoms with Gasteiger partial charge in [0.15, 0.2) is 6.61 Å². The minimum atomic E-state index is -3.54. The summed E-state index contributed by atoms with van der Waals surface area (Å²) in [5.41, 5.74) is 0.249. The molecule has 0 radical (unpaired) electrons. The van der Waals surface area contributed by atoms with Crippen LogP contribution in [0.4, 0.5) is 5.69 Å². The highest BCUT2D eigenvalue weighted by molar-refractivity contribution is 7.91. The van der Waals surface area contributed by atoms with Crippen molar-refractivity contribution >= 4 is 73.7 Å². The SMILES string of the molecule is O=C(COC(=O)C1CCN(S(=O)(=O)c2cccs2)CC1)Nc1cc(Cl)c(Cl)cc1Cl. The number of anilines is 1. The number of nitrogens with one attached hydrogen (secondary N) is 1. The first kappa shape index (κ1) is 23.3. The molecule has 1 saturated heterocycles. The van der Waals surface area contributed by atoms with E-state index in [2.05, 4.69) is 5.32 Å². The molecule has 1 aliphatic heterocycles. The highest BCUT2D eigenvalue weighted by atomic mass is 35.5. The van der Waals surface area contributed by atoms with Crippen LogP contribution in [0.25, 0.3) is 0 Å². The third-order valence-corrected chi connectivity index (χ3v) is 8.81. The molecule has 7 nitrogen and oxygen atoms in total. The van der Waals surface area contributed by atoms with Crippen LogP contribution < -0.4 is 5.32 Å². The largest absolute Gasteiger partial charge is 0.455 e. The summed E-state index contributed by atoms with van der Waals surface area (Å²) in [5, 5.41) is 4.87. The Balaban J connectivity index is 1.48. The number of piperidine rings is 1. The maximum Gasteiger partial charge on any atom is 0.309 e. The van der Waals surface area contributed by atoms with Crippen molar-refractivity contribution in [3.8, 4) is 0 Å². The molecule has 0 spiro atoms. The van der Waals surface area contributed by atoms with Gasteiger partial charge >= 0.3 is 5.97 Å². The van der Waals surface area contributed by atoms with E-state index in [0.29, 0.717) is 12.8 Å². The number of amides is 1. The Kier molecular flexibility index (Phi) is 7.65. The zero-order chi connectivity index (χ0) is 21.9. The topological polar surface area (TPSA) is 92.8 Å². The van der Waals surface area contributed by atoms with Crippen LogP contribution in [0, 0.1) is 5.92 Å². The number of ether oxygens (including phenoxy) is 1. The molecule has 0 bridgehead atoms. The summed E-state index contributed by atoms with van der Waals surface area (Å²) in [6.45, 7) is -0.0702.